The fourth-order valence-electron chi connectivity index (χ4n) is 3.66. The summed E-state index contributed by atoms with van der Waals surface area (Å²) in [6.07, 6.45) is 2.47. The molecule has 2 N–H and O–H groups in total. The Bertz CT molecular complexity index is 1120. The van der Waals surface area contributed by atoms with Crippen LogP contribution in [0.1, 0.15) is 29.2 Å². The molecule has 8 heteroatoms. The van der Waals surface area contributed by atoms with E-state index < -0.39 is 0 Å². The third-order valence-corrected chi connectivity index (χ3v) is 5.74. The summed E-state index contributed by atoms with van der Waals surface area (Å²) in [7, 11) is 0. The van der Waals surface area contributed by atoms with Crippen molar-refractivity contribution in [1.29, 1.82) is 0 Å². The molecule has 0 radical (unpaired) electrons. The standard InChI is InChI=1S/C22H23BrN6O/c1-13-4-7-19(14(2)20(13)26-15(3)30)27-21-24-12-25-22(28-21)29-9-8-16-10-18(23)6-5-17(16)11-29/h4-7,10,12H,8-9,11H2,1-3H3,(H,26,30)(H,24,25,27,28). The number of anilines is 4. The van der Waals surface area contributed by atoms with E-state index in [1.807, 2.05) is 26.0 Å². The van der Waals surface area contributed by atoms with Gasteiger partial charge in [-0.15, -0.1) is 0 Å². The molecule has 2 aromatic carbocycles. The summed E-state index contributed by atoms with van der Waals surface area (Å²) in [5, 5.41) is 6.17. The predicted octanol–water partition coefficient (Wildman–Crippen LogP) is 4.52. The summed E-state index contributed by atoms with van der Waals surface area (Å²) >= 11 is 3.54. The number of aryl methyl sites for hydroxylation is 1. The van der Waals surface area contributed by atoms with Gasteiger partial charge >= 0.3 is 0 Å². The van der Waals surface area contributed by atoms with Crippen LogP contribution in [0.4, 0.5) is 23.3 Å². The van der Waals surface area contributed by atoms with E-state index in [1.165, 1.54) is 24.4 Å². The molecular formula is C22H23BrN6O. The fraction of sp³-hybridized carbons (Fsp3) is 0.273. The molecule has 0 aliphatic carbocycles. The Hall–Kier alpha value is -3.00. The largest absolute Gasteiger partial charge is 0.336 e. The molecule has 1 aliphatic heterocycles. The molecule has 30 heavy (non-hydrogen) atoms. The highest BCUT2D eigenvalue weighted by molar-refractivity contribution is 9.10. The molecular weight excluding hydrogens is 444 g/mol. The van der Waals surface area contributed by atoms with Gasteiger partial charge in [0, 0.05) is 35.9 Å². The Morgan fingerprint density at radius 3 is 2.77 bits per heavy atom. The first kappa shape index (κ1) is 20.3. The molecule has 1 aromatic heterocycles. The summed E-state index contributed by atoms with van der Waals surface area (Å²) in [5.41, 5.74) is 6.23. The Morgan fingerprint density at radius 2 is 1.97 bits per heavy atom. The van der Waals surface area contributed by atoms with E-state index in [2.05, 4.69) is 64.6 Å². The van der Waals surface area contributed by atoms with Gasteiger partial charge in [-0.3, -0.25) is 4.79 Å². The third-order valence-electron chi connectivity index (χ3n) is 5.24. The van der Waals surface area contributed by atoms with Crippen LogP contribution in [0.5, 0.6) is 0 Å². The minimum atomic E-state index is -0.0989. The van der Waals surface area contributed by atoms with Gasteiger partial charge in [0.15, 0.2) is 0 Å². The topological polar surface area (TPSA) is 83.0 Å². The lowest BCUT2D eigenvalue weighted by atomic mass is 10.0. The summed E-state index contributed by atoms with van der Waals surface area (Å²) in [5.74, 6) is 1.02. The fourth-order valence-corrected chi connectivity index (χ4v) is 4.07. The predicted molar refractivity (Wildman–Crippen MR) is 122 cm³/mol. The van der Waals surface area contributed by atoms with E-state index >= 15 is 0 Å². The highest BCUT2D eigenvalue weighted by Gasteiger charge is 2.19. The molecule has 1 amide bonds. The number of halogens is 1. The lowest BCUT2D eigenvalue weighted by Crippen LogP contribution is -2.32. The SMILES string of the molecule is CC(=O)Nc1c(C)ccc(Nc2ncnc(N3CCc4cc(Br)ccc4C3)n2)c1C. The minimum absolute atomic E-state index is 0.0989. The highest BCUT2D eigenvalue weighted by Crippen LogP contribution is 2.29. The Balaban J connectivity index is 1.56. The van der Waals surface area contributed by atoms with Crippen LogP contribution in [0.25, 0.3) is 0 Å². The number of benzene rings is 2. The van der Waals surface area contributed by atoms with Gasteiger partial charge in [0.05, 0.1) is 0 Å². The summed E-state index contributed by atoms with van der Waals surface area (Å²) in [4.78, 5) is 27.0. The van der Waals surface area contributed by atoms with Crippen molar-refractivity contribution in [1.82, 2.24) is 15.0 Å². The van der Waals surface area contributed by atoms with Crippen LogP contribution in [-0.2, 0) is 17.8 Å². The quantitative estimate of drug-likeness (QED) is 0.588. The monoisotopic (exact) mass is 466 g/mol. The average molecular weight is 467 g/mol. The average Bonchev–Trinajstić information content (AvgIpc) is 2.73. The second kappa shape index (κ2) is 8.39. The number of nitrogens with zero attached hydrogens (tertiary/aromatic N) is 4. The Kier molecular flexibility index (Phi) is 5.67. The van der Waals surface area contributed by atoms with E-state index in [0.29, 0.717) is 11.9 Å². The van der Waals surface area contributed by atoms with Gasteiger partial charge in [-0.25, -0.2) is 9.97 Å². The minimum Gasteiger partial charge on any atom is -0.336 e. The number of rotatable bonds is 4. The van der Waals surface area contributed by atoms with Crippen molar-refractivity contribution in [3.8, 4) is 0 Å². The maximum Gasteiger partial charge on any atom is 0.232 e. The number of fused-ring (bicyclic) bond motifs is 1. The number of nitrogens with one attached hydrogen (secondary N) is 2. The lowest BCUT2D eigenvalue weighted by Gasteiger charge is -2.29. The molecule has 2 heterocycles. The van der Waals surface area contributed by atoms with Gasteiger partial charge < -0.3 is 15.5 Å². The van der Waals surface area contributed by atoms with Crippen molar-refractivity contribution in [2.24, 2.45) is 0 Å². The molecule has 7 nitrogen and oxygen atoms in total. The molecule has 0 bridgehead atoms. The van der Waals surface area contributed by atoms with E-state index in [0.717, 1.165) is 46.5 Å². The number of aromatic nitrogens is 3. The highest BCUT2D eigenvalue weighted by atomic mass is 79.9. The van der Waals surface area contributed by atoms with E-state index in [-0.39, 0.29) is 5.91 Å². The van der Waals surface area contributed by atoms with Crippen molar-refractivity contribution in [2.45, 2.75) is 33.7 Å². The number of carbonyl (C=O) groups is 1. The van der Waals surface area contributed by atoms with Crippen molar-refractivity contribution in [3.63, 3.8) is 0 Å². The molecule has 0 saturated heterocycles. The lowest BCUT2D eigenvalue weighted by molar-refractivity contribution is -0.114. The second-order valence-electron chi connectivity index (χ2n) is 7.43. The zero-order chi connectivity index (χ0) is 21.3. The van der Waals surface area contributed by atoms with Crippen LogP contribution in [0.15, 0.2) is 41.1 Å². The van der Waals surface area contributed by atoms with Crippen LogP contribution in [0.3, 0.4) is 0 Å². The van der Waals surface area contributed by atoms with E-state index in [4.69, 9.17) is 0 Å². The normalized spacial score (nSPS) is 13.0. The van der Waals surface area contributed by atoms with Crippen molar-refractivity contribution >= 4 is 45.1 Å². The molecule has 154 valence electrons. The number of hydrogen-bond donors (Lipinski definition) is 2. The van der Waals surface area contributed by atoms with Gasteiger partial charge in [0.25, 0.3) is 0 Å². The molecule has 0 saturated carbocycles. The van der Waals surface area contributed by atoms with Gasteiger partial charge in [0.2, 0.25) is 17.8 Å². The second-order valence-corrected chi connectivity index (χ2v) is 8.35. The van der Waals surface area contributed by atoms with Gasteiger partial charge in [-0.05, 0) is 60.7 Å². The van der Waals surface area contributed by atoms with Crippen LogP contribution < -0.4 is 15.5 Å². The van der Waals surface area contributed by atoms with E-state index in [1.54, 1.807) is 0 Å². The van der Waals surface area contributed by atoms with Crippen LogP contribution in [-0.4, -0.2) is 27.4 Å². The van der Waals surface area contributed by atoms with Crippen LogP contribution in [0.2, 0.25) is 0 Å². The van der Waals surface area contributed by atoms with Gasteiger partial charge in [0.1, 0.15) is 6.33 Å². The first-order valence-electron chi connectivity index (χ1n) is 9.77. The Labute approximate surface area is 184 Å². The number of amides is 1. The first-order valence-corrected chi connectivity index (χ1v) is 10.6. The number of hydrogen-bond acceptors (Lipinski definition) is 6. The first-order chi connectivity index (χ1) is 14.4. The maximum absolute atomic E-state index is 11.5. The summed E-state index contributed by atoms with van der Waals surface area (Å²) < 4.78 is 1.11. The third kappa shape index (κ3) is 4.28. The molecule has 1 aliphatic rings. The van der Waals surface area contributed by atoms with E-state index in [9.17, 15) is 4.79 Å². The smallest absolute Gasteiger partial charge is 0.232 e. The molecule has 0 spiro atoms. The Morgan fingerprint density at radius 1 is 1.13 bits per heavy atom. The molecule has 3 aromatic rings. The van der Waals surface area contributed by atoms with Crippen molar-refractivity contribution in [3.05, 3.63) is 63.4 Å². The summed E-state index contributed by atoms with van der Waals surface area (Å²) in [6.45, 7) is 7.05. The molecule has 0 unspecified atom stereocenters. The van der Waals surface area contributed by atoms with Gasteiger partial charge in [-0.1, -0.05) is 28.1 Å². The number of carbonyl (C=O) groups excluding carboxylic acids is 1. The molecule has 4 rings (SSSR count). The molecule has 0 fully saturated rings. The van der Waals surface area contributed by atoms with Gasteiger partial charge in [-0.2, -0.15) is 4.98 Å². The van der Waals surface area contributed by atoms with Crippen molar-refractivity contribution < 1.29 is 4.79 Å². The summed E-state index contributed by atoms with van der Waals surface area (Å²) in [6, 6.07) is 10.3. The van der Waals surface area contributed by atoms with Crippen LogP contribution >= 0.6 is 15.9 Å². The molecule has 0 atom stereocenters. The van der Waals surface area contributed by atoms with Crippen LogP contribution in [0, 0.1) is 13.8 Å². The zero-order valence-electron chi connectivity index (χ0n) is 17.2. The maximum atomic E-state index is 11.5. The zero-order valence-corrected chi connectivity index (χ0v) is 18.7. The van der Waals surface area contributed by atoms with Crippen molar-refractivity contribution in [2.75, 3.05) is 22.1 Å².